The highest BCUT2D eigenvalue weighted by atomic mass is 16.5. The van der Waals surface area contributed by atoms with Crippen molar-refractivity contribution in [2.75, 3.05) is 26.9 Å². The van der Waals surface area contributed by atoms with Gasteiger partial charge in [0.1, 0.15) is 5.75 Å². The minimum absolute atomic E-state index is 0.705. The van der Waals surface area contributed by atoms with Crippen LogP contribution < -0.4 is 16.0 Å². The highest BCUT2D eigenvalue weighted by Crippen LogP contribution is 2.12. The molecule has 0 saturated carbocycles. The second-order valence-electron chi connectivity index (χ2n) is 3.77. The normalized spacial score (nSPS) is 10.8. The molecule has 1 aromatic carbocycles. The van der Waals surface area contributed by atoms with Crippen molar-refractivity contribution in [2.24, 2.45) is 5.84 Å². The summed E-state index contributed by atoms with van der Waals surface area (Å²) in [5, 5.41) is 0. The van der Waals surface area contributed by atoms with Gasteiger partial charge in [-0.1, -0.05) is 12.1 Å². The van der Waals surface area contributed by atoms with Crippen molar-refractivity contribution >= 4 is 0 Å². The van der Waals surface area contributed by atoms with E-state index < -0.39 is 0 Å². The number of hydrogen-bond acceptors (Lipinski definition) is 4. The summed E-state index contributed by atoms with van der Waals surface area (Å²) in [6.07, 6.45) is 1.02. The molecule has 0 saturated heterocycles. The third-order valence-electron chi connectivity index (χ3n) is 2.38. The van der Waals surface area contributed by atoms with E-state index in [-0.39, 0.29) is 0 Å². The van der Waals surface area contributed by atoms with E-state index in [0.717, 1.165) is 18.7 Å². The maximum absolute atomic E-state index is 5.39. The first-order valence-corrected chi connectivity index (χ1v) is 5.60. The number of rotatable bonds is 7. The van der Waals surface area contributed by atoms with Crippen molar-refractivity contribution in [3.8, 4) is 5.75 Å². The molecule has 0 aliphatic carbocycles. The first-order chi connectivity index (χ1) is 7.76. The largest absolute Gasteiger partial charge is 0.494 e. The molecule has 0 heterocycles. The van der Waals surface area contributed by atoms with Crippen molar-refractivity contribution < 1.29 is 4.74 Å². The number of ether oxygens (including phenoxy) is 1. The van der Waals surface area contributed by atoms with Gasteiger partial charge in [0.25, 0.3) is 0 Å². The molecule has 90 valence electrons. The fourth-order valence-electron chi connectivity index (χ4n) is 1.47. The zero-order chi connectivity index (χ0) is 11.8. The van der Waals surface area contributed by atoms with Gasteiger partial charge < -0.3 is 4.74 Å². The van der Waals surface area contributed by atoms with E-state index in [2.05, 4.69) is 22.5 Å². The molecule has 3 N–H and O–H groups in total. The van der Waals surface area contributed by atoms with Crippen LogP contribution in [0.15, 0.2) is 24.3 Å². The van der Waals surface area contributed by atoms with Gasteiger partial charge in [-0.25, -0.2) is 5.43 Å². The van der Waals surface area contributed by atoms with Crippen LogP contribution in [0.3, 0.4) is 0 Å². The van der Waals surface area contributed by atoms with Gasteiger partial charge in [-0.05, 0) is 38.1 Å². The van der Waals surface area contributed by atoms with E-state index in [0.29, 0.717) is 13.3 Å². The topological polar surface area (TPSA) is 50.5 Å². The summed E-state index contributed by atoms with van der Waals surface area (Å²) < 4.78 is 5.39. The van der Waals surface area contributed by atoms with Crippen LogP contribution in [-0.2, 0) is 6.42 Å². The number of hydrazine groups is 1. The third kappa shape index (κ3) is 4.61. The minimum Gasteiger partial charge on any atom is -0.494 e. The molecule has 0 radical (unpaired) electrons. The molecule has 0 aliphatic rings. The van der Waals surface area contributed by atoms with E-state index >= 15 is 0 Å². The molecule has 0 aromatic heterocycles. The van der Waals surface area contributed by atoms with Crippen LogP contribution in [0.1, 0.15) is 12.5 Å². The van der Waals surface area contributed by atoms with Gasteiger partial charge in [0.2, 0.25) is 0 Å². The van der Waals surface area contributed by atoms with Crippen LogP contribution in [-0.4, -0.2) is 31.8 Å². The first-order valence-electron chi connectivity index (χ1n) is 5.60. The molecular formula is C12H21N3O. The van der Waals surface area contributed by atoms with Gasteiger partial charge in [-0.15, -0.1) is 0 Å². The Hall–Kier alpha value is -1.10. The quantitative estimate of drug-likeness (QED) is 0.411. The molecule has 0 aliphatic heterocycles. The van der Waals surface area contributed by atoms with Gasteiger partial charge in [0.05, 0.1) is 13.3 Å². The monoisotopic (exact) mass is 223 g/mol. The Bertz CT molecular complexity index is 287. The molecular weight excluding hydrogens is 202 g/mol. The molecule has 4 nitrogen and oxygen atoms in total. The van der Waals surface area contributed by atoms with Crippen molar-refractivity contribution in [1.29, 1.82) is 0 Å². The average Bonchev–Trinajstić information content (AvgIpc) is 2.29. The smallest absolute Gasteiger partial charge is 0.119 e. The second-order valence-corrected chi connectivity index (χ2v) is 3.77. The minimum atomic E-state index is 0.705. The predicted octanol–water partition coefficient (Wildman–Crippen LogP) is 0.980. The highest BCUT2D eigenvalue weighted by Gasteiger charge is 1.98. The van der Waals surface area contributed by atoms with E-state index in [1.54, 1.807) is 0 Å². The maximum atomic E-state index is 5.39. The Morgan fingerprint density at radius 3 is 2.56 bits per heavy atom. The van der Waals surface area contributed by atoms with Crippen molar-refractivity contribution in [3.05, 3.63) is 29.8 Å². The summed E-state index contributed by atoms with van der Waals surface area (Å²) in [7, 11) is 2.04. The lowest BCUT2D eigenvalue weighted by Crippen LogP contribution is -2.36. The van der Waals surface area contributed by atoms with Crippen LogP contribution in [0.4, 0.5) is 0 Å². The Labute approximate surface area is 97.4 Å². The number of nitrogens with zero attached hydrogens (tertiary/aromatic N) is 1. The van der Waals surface area contributed by atoms with Gasteiger partial charge >= 0.3 is 0 Å². The van der Waals surface area contributed by atoms with Crippen LogP contribution in [0.2, 0.25) is 0 Å². The zero-order valence-electron chi connectivity index (χ0n) is 10.1. The van der Waals surface area contributed by atoms with Gasteiger partial charge in [-0.3, -0.25) is 10.7 Å². The summed E-state index contributed by atoms with van der Waals surface area (Å²) in [6, 6.07) is 8.24. The van der Waals surface area contributed by atoms with E-state index in [1.807, 2.05) is 26.1 Å². The Balaban J connectivity index is 2.37. The van der Waals surface area contributed by atoms with Gasteiger partial charge in [0, 0.05) is 6.54 Å². The molecule has 16 heavy (non-hydrogen) atoms. The molecule has 0 bridgehead atoms. The maximum Gasteiger partial charge on any atom is 0.119 e. The Morgan fingerprint density at radius 2 is 2.00 bits per heavy atom. The second kappa shape index (κ2) is 7.22. The van der Waals surface area contributed by atoms with Crippen LogP contribution in [0, 0.1) is 0 Å². The molecule has 4 heteroatoms. The number of benzene rings is 1. The standard InChI is InChI=1S/C12H21N3O/c1-3-16-12-6-4-11(5-7-12)8-9-15(2)10-14-13/h4-7,14H,3,8-10,13H2,1-2H3. The van der Waals surface area contributed by atoms with Gasteiger partial charge in [-0.2, -0.15) is 0 Å². The van der Waals surface area contributed by atoms with Crippen LogP contribution >= 0.6 is 0 Å². The zero-order valence-corrected chi connectivity index (χ0v) is 10.1. The summed E-state index contributed by atoms with van der Waals surface area (Å²) >= 11 is 0. The molecule has 0 atom stereocenters. The number of nitrogens with one attached hydrogen (secondary N) is 1. The lowest BCUT2D eigenvalue weighted by molar-refractivity contribution is 0.312. The van der Waals surface area contributed by atoms with E-state index in [4.69, 9.17) is 10.6 Å². The van der Waals surface area contributed by atoms with Crippen molar-refractivity contribution in [3.63, 3.8) is 0 Å². The molecule has 0 unspecified atom stereocenters. The lowest BCUT2D eigenvalue weighted by Gasteiger charge is -2.15. The summed E-state index contributed by atoms with van der Waals surface area (Å²) in [4.78, 5) is 2.14. The van der Waals surface area contributed by atoms with E-state index in [1.165, 1.54) is 5.56 Å². The number of hydrogen-bond donors (Lipinski definition) is 2. The fourth-order valence-corrected chi connectivity index (χ4v) is 1.47. The van der Waals surface area contributed by atoms with Crippen LogP contribution in [0.25, 0.3) is 0 Å². The van der Waals surface area contributed by atoms with Crippen LogP contribution in [0.5, 0.6) is 5.75 Å². The van der Waals surface area contributed by atoms with Crippen molar-refractivity contribution in [2.45, 2.75) is 13.3 Å². The fraction of sp³-hybridized carbons (Fsp3) is 0.500. The molecule has 0 amide bonds. The van der Waals surface area contributed by atoms with E-state index in [9.17, 15) is 0 Å². The molecule has 0 spiro atoms. The molecule has 0 fully saturated rings. The number of likely N-dealkylation sites (N-methyl/N-ethyl adjacent to an activating group) is 1. The third-order valence-corrected chi connectivity index (χ3v) is 2.38. The predicted molar refractivity (Wildman–Crippen MR) is 66.1 cm³/mol. The Kier molecular flexibility index (Phi) is 5.85. The lowest BCUT2D eigenvalue weighted by atomic mass is 10.1. The van der Waals surface area contributed by atoms with Gasteiger partial charge in [0.15, 0.2) is 0 Å². The summed E-state index contributed by atoms with van der Waals surface area (Å²) in [5.41, 5.74) is 3.95. The SMILES string of the molecule is CCOc1ccc(CCN(C)CNN)cc1. The van der Waals surface area contributed by atoms with Crippen molar-refractivity contribution in [1.82, 2.24) is 10.3 Å². The first kappa shape index (κ1) is 13.0. The highest BCUT2D eigenvalue weighted by molar-refractivity contribution is 5.27. The molecule has 1 rings (SSSR count). The Morgan fingerprint density at radius 1 is 1.31 bits per heavy atom. The summed E-state index contributed by atoms with van der Waals surface area (Å²) in [5.74, 6) is 6.18. The summed E-state index contributed by atoms with van der Waals surface area (Å²) in [6.45, 7) is 4.39. The average molecular weight is 223 g/mol. The molecule has 1 aromatic rings. The number of nitrogens with two attached hydrogens (primary N) is 1.